The van der Waals surface area contributed by atoms with Gasteiger partial charge >= 0.3 is 0 Å². The van der Waals surface area contributed by atoms with Crippen LogP contribution in [0.2, 0.25) is 0 Å². The lowest BCUT2D eigenvalue weighted by molar-refractivity contribution is -0.240. The molecule has 1 fully saturated rings. The number of nitrogens with two attached hydrogens (primary N) is 1. The van der Waals surface area contributed by atoms with E-state index in [0.717, 1.165) is 0 Å². The van der Waals surface area contributed by atoms with Crippen LogP contribution in [0.4, 0.5) is 0 Å². The molecule has 4 N–H and O–H groups in total. The molecule has 1 aliphatic rings. The zero-order valence-corrected chi connectivity index (χ0v) is 6.19. The number of hydrogen-bond donors (Lipinski definition) is 3. The van der Waals surface area contributed by atoms with E-state index in [9.17, 15) is 0 Å². The highest BCUT2D eigenvalue weighted by Crippen LogP contribution is 2.21. The Labute approximate surface area is 64.7 Å². The average molecular weight is 163 g/mol. The summed E-state index contributed by atoms with van der Waals surface area (Å²) in [4.78, 5) is 0. The Hall–Kier alpha value is -0.200. The number of aliphatic hydroxyl groups excluding tert-OH is 2. The second-order valence-corrected chi connectivity index (χ2v) is 2.81. The molecule has 0 aromatic carbocycles. The molecule has 1 saturated heterocycles. The van der Waals surface area contributed by atoms with Crippen LogP contribution in [0.25, 0.3) is 0 Å². The van der Waals surface area contributed by atoms with E-state index in [-0.39, 0.29) is 26.4 Å². The summed E-state index contributed by atoms with van der Waals surface area (Å²) in [5.41, 5.74) is 4.59. The molecule has 0 aromatic rings. The summed E-state index contributed by atoms with van der Waals surface area (Å²) in [5.74, 6) is 0. The topological polar surface area (TPSA) is 84.9 Å². The SMILES string of the molecule is NC1OCC(CO)(CO)CO1. The van der Waals surface area contributed by atoms with E-state index >= 15 is 0 Å². The zero-order valence-electron chi connectivity index (χ0n) is 6.19. The Morgan fingerprint density at radius 1 is 1.27 bits per heavy atom. The van der Waals surface area contributed by atoms with E-state index < -0.39 is 11.8 Å². The van der Waals surface area contributed by atoms with Crippen molar-refractivity contribution in [1.29, 1.82) is 0 Å². The molecule has 1 heterocycles. The molecule has 11 heavy (non-hydrogen) atoms. The van der Waals surface area contributed by atoms with Gasteiger partial charge in [-0.15, -0.1) is 0 Å². The number of rotatable bonds is 2. The van der Waals surface area contributed by atoms with Crippen molar-refractivity contribution in [1.82, 2.24) is 0 Å². The van der Waals surface area contributed by atoms with E-state index in [2.05, 4.69) is 0 Å². The summed E-state index contributed by atoms with van der Waals surface area (Å²) in [6.45, 7) is 0.161. The lowest BCUT2D eigenvalue weighted by Gasteiger charge is -2.35. The summed E-state index contributed by atoms with van der Waals surface area (Å²) in [6, 6.07) is 0. The van der Waals surface area contributed by atoms with Crippen LogP contribution in [0.5, 0.6) is 0 Å². The van der Waals surface area contributed by atoms with Gasteiger partial charge in [-0.3, -0.25) is 5.73 Å². The molecule has 0 atom stereocenters. The number of hydrogen-bond acceptors (Lipinski definition) is 5. The molecule has 0 amide bonds. The van der Waals surface area contributed by atoms with Gasteiger partial charge in [0.2, 0.25) is 6.41 Å². The highest BCUT2D eigenvalue weighted by molar-refractivity contribution is 4.79. The van der Waals surface area contributed by atoms with Gasteiger partial charge in [-0.1, -0.05) is 0 Å². The zero-order chi connectivity index (χ0) is 8.32. The van der Waals surface area contributed by atoms with Crippen molar-refractivity contribution in [2.24, 2.45) is 11.1 Å². The molecule has 0 saturated carbocycles. The summed E-state index contributed by atoms with van der Waals surface area (Å²) in [5, 5.41) is 17.7. The minimum absolute atomic E-state index is 0.157. The lowest BCUT2D eigenvalue weighted by atomic mass is 9.92. The molecular formula is C6H13NO4. The highest BCUT2D eigenvalue weighted by atomic mass is 16.7. The van der Waals surface area contributed by atoms with Crippen LogP contribution in [0.1, 0.15) is 0 Å². The fourth-order valence-corrected chi connectivity index (χ4v) is 0.840. The summed E-state index contributed by atoms with van der Waals surface area (Å²) in [7, 11) is 0. The smallest absolute Gasteiger partial charge is 0.213 e. The van der Waals surface area contributed by atoms with Gasteiger partial charge < -0.3 is 19.7 Å². The average Bonchev–Trinajstić information content (AvgIpc) is 2.07. The first kappa shape index (κ1) is 8.89. The predicted molar refractivity (Wildman–Crippen MR) is 36.5 cm³/mol. The van der Waals surface area contributed by atoms with Crippen LogP contribution >= 0.6 is 0 Å². The van der Waals surface area contributed by atoms with E-state index in [1.807, 2.05) is 0 Å². The molecule has 1 aliphatic heterocycles. The first-order valence-electron chi connectivity index (χ1n) is 3.43. The van der Waals surface area contributed by atoms with Crippen molar-refractivity contribution in [3.05, 3.63) is 0 Å². The summed E-state index contributed by atoms with van der Waals surface area (Å²) >= 11 is 0. The normalized spacial score (nSPS) is 25.4. The molecule has 1 rings (SSSR count). The molecule has 66 valence electrons. The van der Waals surface area contributed by atoms with Gasteiger partial charge in [-0.25, -0.2) is 0 Å². The summed E-state index contributed by atoms with van der Waals surface area (Å²) in [6.07, 6.45) is -0.721. The fraction of sp³-hybridized carbons (Fsp3) is 1.00. The van der Waals surface area contributed by atoms with Gasteiger partial charge in [0, 0.05) is 0 Å². The largest absolute Gasteiger partial charge is 0.396 e. The molecule has 0 unspecified atom stereocenters. The standard InChI is InChI=1S/C6H13NO4/c7-5-10-3-6(1-8,2-9)4-11-5/h5,8-9H,1-4,7H2. The van der Waals surface area contributed by atoms with E-state index in [1.165, 1.54) is 0 Å². The Balaban J connectivity index is 2.45. The van der Waals surface area contributed by atoms with Crippen molar-refractivity contribution in [3.63, 3.8) is 0 Å². The minimum atomic E-state index is -0.721. The van der Waals surface area contributed by atoms with Gasteiger partial charge in [-0.05, 0) is 0 Å². The van der Waals surface area contributed by atoms with Crippen LogP contribution in [-0.4, -0.2) is 43.1 Å². The molecular weight excluding hydrogens is 150 g/mol. The van der Waals surface area contributed by atoms with Crippen molar-refractivity contribution >= 4 is 0 Å². The van der Waals surface area contributed by atoms with Crippen LogP contribution < -0.4 is 5.73 Å². The maximum Gasteiger partial charge on any atom is 0.213 e. The van der Waals surface area contributed by atoms with Crippen LogP contribution in [0.3, 0.4) is 0 Å². The molecule has 0 spiro atoms. The fourth-order valence-electron chi connectivity index (χ4n) is 0.840. The molecule has 0 aromatic heterocycles. The van der Waals surface area contributed by atoms with Crippen molar-refractivity contribution in [2.75, 3.05) is 26.4 Å². The minimum Gasteiger partial charge on any atom is -0.396 e. The van der Waals surface area contributed by atoms with Crippen molar-refractivity contribution in [2.45, 2.75) is 6.41 Å². The van der Waals surface area contributed by atoms with Crippen LogP contribution in [-0.2, 0) is 9.47 Å². The molecule has 5 nitrogen and oxygen atoms in total. The summed E-state index contributed by atoms with van der Waals surface area (Å²) < 4.78 is 9.82. The first-order valence-corrected chi connectivity index (χ1v) is 3.43. The number of ether oxygens (including phenoxy) is 2. The maximum absolute atomic E-state index is 8.87. The van der Waals surface area contributed by atoms with E-state index in [0.29, 0.717) is 0 Å². The highest BCUT2D eigenvalue weighted by Gasteiger charge is 2.34. The first-order chi connectivity index (χ1) is 5.22. The second kappa shape index (κ2) is 3.46. The van der Waals surface area contributed by atoms with Gasteiger partial charge in [0.1, 0.15) is 0 Å². The Bertz CT molecular complexity index is 116. The second-order valence-electron chi connectivity index (χ2n) is 2.81. The van der Waals surface area contributed by atoms with Crippen molar-refractivity contribution in [3.8, 4) is 0 Å². The third-order valence-electron chi connectivity index (χ3n) is 1.78. The third kappa shape index (κ3) is 1.88. The number of aliphatic hydroxyl groups is 2. The quantitative estimate of drug-likeness (QED) is 0.449. The molecule has 0 radical (unpaired) electrons. The van der Waals surface area contributed by atoms with E-state index in [4.69, 9.17) is 25.4 Å². The Kier molecular flexibility index (Phi) is 2.80. The monoisotopic (exact) mass is 163 g/mol. The van der Waals surface area contributed by atoms with Crippen LogP contribution in [0.15, 0.2) is 0 Å². The van der Waals surface area contributed by atoms with Crippen LogP contribution in [0, 0.1) is 5.41 Å². The van der Waals surface area contributed by atoms with Crippen molar-refractivity contribution < 1.29 is 19.7 Å². The third-order valence-corrected chi connectivity index (χ3v) is 1.78. The molecule has 5 heteroatoms. The van der Waals surface area contributed by atoms with Gasteiger partial charge in [0.25, 0.3) is 0 Å². The lowest BCUT2D eigenvalue weighted by Crippen LogP contribution is -2.49. The van der Waals surface area contributed by atoms with Gasteiger partial charge in [0.15, 0.2) is 0 Å². The Morgan fingerprint density at radius 2 is 1.73 bits per heavy atom. The Morgan fingerprint density at radius 3 is 2.09 bits per heavy atom. The van der Waals surface area contributed by atoms with Gasteiger partial charge in [-0.2, -0.15) is 0 Å². The molecule has 0 bridgehead atoms. The predicted octanol–water partition coefficient (Wildman–Crippen LogP) is -1.75. The van der Waals surface area contributed by atoms with E-state index in [1.54, 1.807) is 0 Å². The molecule has 0 aliphatic carbocycles. The maximum atomic E-state index is 8.87. The van der Waals surface area contributed by atoms with Gasteiger partial charge in [0.05, 0.1) is 31.8 Å².